The average Bonchev–Trinajstić information content (AvgIpc) is 2.33. The Balaban J connectivity index is 2.17. The molecule has 0 spiro atoms. The number of likely N-dealkylation sites (N-methyl/N-ethyl adjacent to an activating group) is 1. The lowest BCUT2D eigenvalue weighted by Crippen LogP contribution is -2.46. The second kappa shape index (κ2) is 7.43. The van der Waals surface area contributed by atoms with Crippen LogP contribution in [-0.2, 0) is 4.74 Å². The summed E-state index contributed by atoms with van der Waals surface area (Å²) in [4.78, 5) is 2.49. The van der Waals surface area contributed by atoms with E-state index >= 15 is 0 Å². The van der Waals surface area contributed by atoms with Crippen LogP contribution in [0.3, 0.4) is 0 Å². The first-order valence-corrected chi connectivity index (χ1v) is 7.16. The van der Waals surface area contributed by atoms with Crippen molar-refractivity contribution >= 4 is 0 Å². The quantitative estimate of drug-likeness (QED) is 0.674. The average molecular weight is 258 g/mol. The summed E-state index contributed by atoms with van der Waals surface area (Å²) < 4.78 is 5.73. The van der Waals surface area contributed by atoms with Gasteiger partial charge in [-0.2, -0.15) is 0 Å². The number of aliphatic hydroxyl groups excluding tert-OH is 1. The predicted molar refractivity (Wildman–Crippen MR) is 74.9 cm³/mol. The molecule has 4 heteroatoms. The molecule has 0 bridgehead atoms. The Bertz CT molecular complexity index is 222. The molecule has 1 aliphatic heterocycles. The van der Waals surface area contributed by atoms with E-state index in [-0.39, 0.29) is 12.1 Å². The molecule has 108 valence electrons. The zero-order valence-electron chi connectivity index (χ0n) is 12.4. The Morgan fingerprint density at radius 3 is 2.39 bits per heavy atom. The molecule has 0 amide bonds. The molecule has 1 heterocycles. The maximum atomic E-state index is 9.31. The summed E-state index contributed by atoms with van der Waals surface area (Å²) in [6.07, 6.45) is 4.08. The zero-order valence-corrected chi connectivity index (χ0v) is 12.4. The molecule has 1 rings (SSSR count). The maximum Gasteiger partial charge on any atom is 0.0678 e. The summed E-state index contributed by atoms with van der Waals surface area (Å²) in [5.74, 6) is 0. The van der Waals surface area contributed by atoms with Gasteiger partial charge in [-0.25, -0.2) is 0 Å². The monoisotopic (exact) mass is 258 g/mol. The van der Waals surface area contributed by atoms with Gasteiger partial charge >= 0.3 is 0 Å². The minimum absolute atomic E-state index is 0.119. The summed E-state index contributed by atoms with van der Waals surface area (Å²) >= 11 is 0. The highest BCUT2D eigenvalue weighted by atomic mass is 16.5. The van der Waals surface area contributed by atoms with Crippen LogP contribution in [0, 0.1) is 0 Å². The number of rotatable bonds is 7. The van der Waals surface area contributed by atoms with Crippen molar-refractivity contribution in [3.8, 4) is 0 Å². The van der Waals surface area contributed by atoms with Crippen molar-refractivity contribution in [2.24, 2.45) is 0 Å². The minimum Gasteiger partial charge on any atom is -0.394 e. The highest BCUT2D eigenvalue weighted by molar-refractivity contribution is 4.80. The second-order valence-corrected chi connectivity index (χ2v) is 5.94. The molecular formula is C14H30N2O2. The molecule has 0 aliphatic carbocycles. The molecular weight excluding hydrogens is 228 g/mol. The lowest BCUT2D eigenvalue weighted by molar-refractivity contribution is -0.0682. The number of morpholine rings is 1. The molecule has 0 aromatic rings. The fourth-order valence-corrected chi connectivity index (χ4v) is 2.60. The molecule has 0 aromatic heterocycles. The van der Waals surface area contributed by atoms with E-state index in [0.717, 1.165) is 32.5 Å². The SMILES string of the molecule is CNC(C)(CO)CCCCN1C[C@@H](C)O[C@@H](C)C1. The molecule has 0 radical (unpaired) electrons. The Kier molecular flexibility index (Phi) is 6.57. The van der Waals surface area contributed by atoms with Crippen LogP contribution in [0.25, 0.3) is 0 Å². The summed E-state index contributed by atoms with van der Waals surface area (Å²) in [6, 6.07) is 0. The molecule has 1 unspecified atom stereocenters. The van der Waals surface area contributed by atoms with Crippen LogP contribution in [-0.4, -0.2) is 61.0 Å². The molecule has 0 aromatic carbocycles. The Morgan fingerprint density at radius 2 is 1.89 bits per heavy atom. The number of nitrogens with one attached hydrogen (secondary N) is 1. The Labute approximate surface area is 112 Å². The lowest BCUT2D eigenvalue weighted by atomic mass is 9.96. The summed E-state index contributed by atoms with van der Waals surface area (Å²) in [5, 5.41) is 12.5. The van der Waals surface area contributed by atoms with Crippen molar-refractivity contribution in [1.82, 2.24) is 10.2 Å². The highest BCUT2D eigenvalue weighted by Crippen LogP contribution is 2.15. The second-order valence-electron chi connectivity index (χ2n) is 5.94. The molecule has 3 atom stereocenters. The van der Waals surface area contributed by atoms with E-state index in [2.05, 4.69) is 31.0 Å². The van der Waals surface area contributed by atoms with Crippen molar-refractivity contribution < 1.29 is 9.84 Å². The van der Waals surface area contributed by atoms with Gasteiger partial charge in [-0.15, -0.1) is 0 Å². The molecule has 4 nitrogen and oxygen atoms in total. The zero-order chi connectivity index (χ0) is 13.6. The minimum atomic E-state index is -0.119. The lowest BCUT2D eigenvalue weighted by Gasteiger charge is -2.35. The highest BCUT2D eigenvalue weighted by Gasteiger charge is 2.23. The van der Waals surface area contributed by atoms with E-state index in [1.807, 2.05) is 7.05 Å². The van der Waals surface area contributed by atoms with E-state index in [0.29, 0.717) is 12.2 Å². The van der Waals surface area contributed by atoms with E-state index in [9.17, 15) is 5.11 Å². The summed E-state index contributed by atoms with van der Waals surface area (Å²) in [7, 11) is 1.92. The topological polar surface area (TPSA) is 44.7 Å². The summed E-state index contributed by atoms with van der Waals surface area (Å²) in [6.45, 7) is 9.81. The van der Waals surface area contributed by atoms with Crippen LogP contribution in [0.4, 0.5) is 0 Å². The van der Waals surface area contributed by atoms with E-state index in [1.165, 1.54) is 6.42 Å². The first-order valence-electron chi connectivity index (χ1n) is 7.16. The van der Waals surface area contributed by atoms with Gasteiger partial charge in [-0.05, 0) is 47.2 Å². The van der Waals surface area contributed by atoms with Crippen molar-refractivity contribution in [3.63, 3.8) is 0 Å². The number of unbranched alkanes of at least 4 members (excludes halogenated alkanes) is 1. The Hall–Kier alpha value is -0.160. The van der Waals surface area contributed by atoms with Gasteiger partial charge in [0.15, 0.2) is 0 Å². The van der Waals surface area contributed by atoms with E-state index in [1.54, 1.807) is 0 Å². The number of aliphatic hydroxyl groups is 1. The van der Waals surface area contributed by atoms with Crippen LogP contribution in [0.2, 0.25) is 0 Å². The van der Waals surface area contributed by atoms with Gasteiger partial charge in [0.25, 0.3) is 0 Å². The van der Waals surface area contributed by atoms with Crippen molar-refractivity contribution in [1.29, 1.82) is 0 Å². The number of nitrogens with zero attached hydrogens (tertiary/aromatic N) is 1. The van der Waals surface area contributed by atoms with Gasteiger partial charge in [-0.3, -0.25) is 4.90 Å². The fourth-order valence-electron chi connectivity index (χ4n) is 2.60. The van der Waals surface area contributed by atoms with Crippen LogP contribution in [0.5, 0.6) is 0 Å². The first kappa shape index (κ1) is 15.9. The summed E-state index contributed by atoms with van der Waals surface area (Å²) in [5.41, 5.74) is -0.119. The van der Waals surface area contributed by atoms with Gasteiger partial charge in [0.1, 0.15) is 0 Å². The molecule has 1 aliphatic rings. The number of hydrogen-bond donors (Lipinski definition) is 2. The Morgan fingerprint density at radius 1 is 1.28 bits per heavy atom. The van der Waals surface area contributed by atoms with Gasteiger partial charge < -0.3 is 15.2 Å². The number of ether oxygens (including phenoxy) is 1. The van der Waals surface area contributed by atoms with E-state index in [4.69, 9.17) is 4.74 Å². The van der Waals surface area contributed by atoms with Crippen molar-refractivity contribution in [3.05, 3.63) is 0 Å². The fraction of sp³-hybridized carbons (Fsp3) is 1.00. The predicted octanol–water partition coefficient (Wildman–Crippen LogP) is 1.24. The first-order chi connectivity index (χ1) is 8.49. The van der Waals surface area contributed by atoms with Crippen LogP contribution in [0.1, 0.15) is 40.0 Å². The molecule has 1 saturated heterocycles. The van der Waals surface area contributed by atoms with Gasteiger partial charge in [0.2, 0.25) is 0 Å². The third-order valence-electron chi connectivity index (χ3n) is 3.90. The van der Waals surface area contributed by atoms with Crippen molar-refractivity contribution in [2.45, 2.75) is 57.8 Å². The van der Waals surface area contributed by atoms with Gasteiger partial charge in [-0.1, -0.05) is 6.42 Å². The third kappa shape index (κ3) is 5.22. The largest absolute Gasteiger partial charge is 0.394 e. The van der Waals surface area contributed by atoms with Crippen LogP contribution >= 0.6 is 0 Å². The molecule has 1 fully saturated rings. The van der Waals surface area contributed by atoms with E-state index < -0.39 is 0 Å². The number of hydrogen-bond acceptors (Lipinski definition) is 4. The normalized spacial score (nSPS) is 29.2. The van der Waals surface area contributed by atoms with Crippen LogP contribution in [0.15, 0.2) is 0 Å². The smallest absolute Gasteiger partial charge is 0.0678 e. The van der Waals surface area contributed by atoms with Gasteiger partial charge in [0.05, 0.1) is 18.8 Å². The van der Waals surface area contributed by atoms with Crippen LogP contribution < -0.4 is 5.32 Å². The van der Waals surface area contributed by atoms with Gasteiger partial charge in [0, 0.05) is 18.6 Å². The molecule has 2 N–H and O–H groups in total. The standard InChI is InChI=1S/C14H30N2O2/c1-12-9-16(10-13(2)18-12)8-6-5-7-14(3,11-17)15-4/h12-13,15,17H,5-11H2,1-4H3/t12-,13+,14?. The molecule has 0 saturated carbocycles. The van der Waals surface area contributed by atoms with Crippen molar-refractivity contribution in [2.75, 3.05) is 33.3 Å². The molecule has 18 heavy (non-hydrogen) atoms. The maximum absolute atomic E-state index is 9.31. The third-order valence-corrected chi connectivity index (χ3v) is 3.90.